The zero-order valence-electron chi connectivity index (χ0n) is 20.2. The predicted molar refractivity (Wildman–Crippen MR) is 125 cm³/mol. The summed E-state index contributed by atoms with van der Waals surface area (Å²) >= 11 is 0. The van der Waals surface area contributed by atoms with Gasteiger partial charge in [-0.1, -0.05) is 6.07 Å². The van der Waals surface area contributed by atoms with Crippen molar-refractivity contribution in [2.24, 2.45) is 17.6 Å². The molecule has 2 saturated heterocycles. The van der Waals surface area contributed by atoms with E-state index in [0.29, 0.717) is 37.0 Å². The maximum Gasteiger partial charge on any atom is 0.228 e. The van der Waals surface area contributed by atoms with Gasteiger partial charge in [-0.05, 0) is 102 Å². The third kappa shape index (κ3) is 5.69. The molecule has 4 nitrogen and oxygen atoms in total. The summed E-state index contributed by atoms with van der Waals surface area (Å²) in [4.78, 5) is 17.8. The molecular weight excluding hydrogens is 408 g/mol. The van der Waals surface area contributed by atoms with Crippen molar-refractivity contribution in [2.75, 3.05) is 26.2 Å². The number of rotatable bonds is 10. The molecule has 180 valence electrons. The fraction of sp³-hybridized carbons (Fsp3) is 0.731. The summed E-state index contributed by atoms with van der Waals surface area (Å²) in [5, 5.41) is 0. The molecule has 2 bridgehead atoms. The number of amides is 1. The van der Waals surface area contributed by atoms with Crippen molar-refractivity contribution in [1.82, 2.24) is 9.80 Å². The van der Waals surface area contributed by atoms with Crippen LogP contribution in [0.2, 0.25) is 0 Å². The monoisotopic (exact) mass is 449 g/mol. The van der Waals surface area contributed by atoms with E-state index in [-0.39, 0.29) is 0 Å². The Morgan fingerprint density at radius 3 is 2.06 bits per heavy atom. The van der Waals surface area contributed by atoms with Crippen molar-refractivity contribution in [2.45, 2.75) is 83.7 Å². The molecule has 1 aliphatic carbocycles. The van der Waals surface area contributed by atoms with E-state index in [2.05, 4.69) is 37.5 Å². The number of carbonyl (C=O) groups excluding carboxylic acids is 1. The molecule has 3 aliphatic rings. The highest BCUT2D eigenvalue weighted by molar-refractivity contribution is 5.86. The number of primary amides is 1. The summed E-state index contributed by atoms with van der Waals surface area (Å²) < 4.78 is 28.0. The first-order valence-electron chi connectivity index (χ1n) is 12.4. The van der Waals surface area contributed by atoms with Gasteiger partial charge in [0.2, 0.25) is 5.91 Å². The van der Waals surface area contributed by atoms with Crippen LogP contribution in [0.25, 0.3) is 0 Å². The minimum Gasteiger partial charge on any atom is -0.369 e. The molecule has 3 fully saturated rings. The smallest absolute Gasteiger partial charge is 0.228 e. The minimum absolute atomic E-state index is 0.312. The number of hydrogen-bond donors (Lipinski definition) is 1. The normalized spacial score (nSPS) is 23.7. The largest absolute Gasteiger partial charge is 0.369 e. The van der Waals surface area contributed by atoms with Gasteiger partial charge < -0.3 is 10.6 Å². The Labute approximate surface area is 192 Å². The fourth-order valence-corrected chi connectivity index (χ4v) is 5.96. The second kappa shape index (κ2) is 10.6. The van der Waals surface area contributed by atoms with Crippen molar-refractivity contribution in [3.8, 4) is 0 Å². The van der Waals surface area contributed by atoms with Crippen molar-refractivity contribution >= 4 is 5.91 Å². The molecule has 4 rings (SSSR count). The Hall–Kier alpha value is -1.53. The molecule has 0 spiro atoms. The second-order valence-electron chi connectivity index (χ2n) is 10.6. The van der Waals surface area contributed by atoms with E-state index in [9.17, 15) is 13.6 Å². The molecule has 1 atom stereocenters. The Bertz CT molecular complexity index is 754. The van der Waals surface area contributed by atoms with E-state index < -0.39 is 23.0 Å². The Morgan fingerprint density at radius 1 is 1.03 bits per heavy atom. The van der Waals surface area contributed by atoms with Crippen molar-refractivity contribution in [3.63, 3.8) is 0 Å². The lowest BCUT2D eigenvalue weighted by Gasteiger charge is -2.38. The third-order valence-corrected chi connectivity index (χ3v) is 7.92. The van der Waals surface area contributed by atoms with Gasteiger partial charge in [-0.2, -0.15) is 0 Å². The molecule has 0 radical (unpaired) electrons. The lowest BCUT2D eigenvalue weighted by Crippen LogP contribution is -2.48. The number of hydrogen-bond acceptors (Lipinski definition) is 3. The van der Waals surface area contributed by atoms with E-state index >= 15 is 0 Å². The van der Waals surface area contributed by atoms with Gasteiger partial charge in [0.15, 0.2) is 11.6 Å². The molecule has 6 heteroatoms. The zero-order valence-corrected chi connectivity index (χ0v) is 20.2. The van der Waals surface area contributed by atoms with Crippen LogP contribution in [0.3, 0.4) is 0 Å². The topological polar surface area (TPSA) is 49.6 Å². The van der Waals surface area contributed by atoms with Gasteiger partial charge in [0.05, 0.1) is 5.41 Å². The van der Waals surface area contributed by atoms with E-state index in [1.165, 1.54) is 31.7 Å². The summed E-state index contributed by atoms with van der Waals surface area (Å²) in [5.74, 6) is -0.809. The predicted octanol–water partition coefficient (Wildman–Crippen LogP) is 4.71. The maximum atomic E-state index is 14.2. The Kier molecular flexibility index (Phi) is 8.31. The van der Waals surface area contributed by atoms with Gasteiger partial charge in [0, 0.05) is 31.7 Å². The highest BCUT2D eigenvalue weighted by atomic mass is 19.2. The average Bonchev–Trinajstić information content (AvgIpc) is 3.05. The van der Waals surface area contributed by atoms with E-state index in [1.807, 2.05) is 0 Å². The van der Waals surface area contributed by atoms with Gasteiger partial charge in [0.25, 0.3) is 0 Å². The first-order chi connectivity index (χ1) is 15.1. The molecule has 0 aromatic heterocycles. The molecule has 1 unspecified atom stereocenters. The van der Waals surface area contributed by atoms with Crippen LogP contribution in [0.1, 0.15) is 71.8 Å². The summed E-state index contributed by atoms with van der Waals surface area (Å²) in [5.41, 5.74) is 5.52. The van der Waals surface area contributed by atoms with Crippen LogP contribution in [0.4, 0.5) is 8.78 Å². The number of nitrogens with two attached hydrogens (primary N) is 1. The van der Waals surface area contributed by atoms with E-state index in [1.54, 1.807) is 6.07 Å². The van der Waals surface area contributed by atoms with Crippen LogP contribution < -0.4 is 5.73 Å². The third-order valence-electron chi connectivity index (χ3n) is 7.92. The molecule has 2 N–H and O–H groups in total. The van der Waals surface area contributed by atoms with Crippen LogP contribution in [-0.4, -0.2) is 54.0 Å². The number of carbonyl (C=O) groups is 1. The van der Waals surface area contributed by atoms with Gasteiger partial charge in [-0.25, -0.2) is 8.78 Å². The molecule has 32 heavy (non-hydrogen) atoms. The summed E-state index contributed by atoms with van der Waals surface area (Å²) in [7, 11) is 0. The molecule has 1 amide bonds. The van der Waals surface area contributed by atoms with Crippen molar-refractivity contribution < 1.29 is 13.6 Å². The Morgan fingerprint density at radius 2 is 1.59 bits per heavy atom. The highest BCUT2D eigenvalue weighted by Gasteiger charge is 2.40. The minimum atomic E-state index is -1.03. The molecule has 1 saturated carbocycles. The Balaban J connectivity index is 1.87. The zero-order chi connectivity index (χ0) is 23.5. The first kappa shape index (κ1) is 25.1. The molecule has 2 aliphatic heterocycles. The lowest BCUT2D eigenvalue weighted by atomic mass is 9.73. The maximum absolute atomic E-state index is 14.2. The number of halogens is 2. The average molecular weight is 450 g/mol. The van der Waals surface area contributed by atoms with E-state index in [0.717, 1.165) is 37.5 Å². The highest BCUT2D eigenvalue weighted by Crippen LogP contribution is 2.37. The van der Waals surface area contributed by atoms with Crippen molar-refractivity contribution in [1.29, 1.82) is 0 Å². The quantitative estimate of drug-likeness (QED) is 0.563. The number of benzene rings is 1. The van der Waals surface area contributed by atoms with Gasteiger partial charge >= 0.3 is 0 Å². The number of fused-ring (bicyclic) bond motifs is 4. The second-order valence-corrected chi connectivity index (χ2v) is 10.6. The van der Waals surface area contributed by atoms with Crippen molar-refractivity contribution in [3.05, 3.63) is 35.4 Å². The standard InChI is InChI=1S/C26H41F2N3O/c1-18(2)31(19(3)4)14-12-26(25(29)32,22-9-10-23(27)24(28)15-22)11-13-30-16-20-5-6-21(17-30)8-7-20/h9-10,15,18-21H,5-8,11-14,16-17H2,1-4H3,(H2,29,32). The lowest BCUT2D eigenvalue weighted by molar-refractivity contribution is -0.124. The SMILES string of the molecule is CC(C)N(CCC(CCN1CC2CCC(CC2)C1)(C(N)=O)c1ccc(F)c(F)c1)C(C)C. The first-order valence-corrected chi connectivity index (χ1v) is 12.4. The van der Waals surface area contributed by atoms with Crippen LogP contribution in [-0.2, 0) is 10.2 Å². The summed E-state index contributed by atoms with van der Waals surface area (Å²) in [6.07, 6.45) is 6.19. The molecule has 1 aromatic carbocycles. The fourth-order valence-electron chi connectivity index (χ4n) is 5.96. The van der Waals surface area contributed by atoms with Gasteiger partial charge in [0.1, 0.15) is 0 Å². The molecule has 1 aromatic rings. The van der Waals surface area contributed by atoms with Gasteiger partial charge in [-0.15, -0.1) is 0 Å². The van der Waals surface area contributed by atoms with Crippen LogP contribution in [0.5, 0.6) is 0 Å². The summed E-state index contributed by atoms with van der Waals surface area (Å²) in [6, 6.07) is 4.47. The van der Waals surface area contributed by atoms with Crippen LogP contribution in [0, 0.1) is 23.5 Å². The number of nitrogens with zero attached hydrogens (tertiary/aromatic N) is 2. The van der Waals surface area contributed by atoms with E-state index in [4.69, 9.17) is 5.73 Å². The van der Waals surface area contributed by atoms with Crippen LogP contribution in [0.15, 0.2) is 18.2 Å². The molecule has 2 heterocycles. The van der Waals surface area contributed by atoms with Gasteiger partial charge in [-0.3, -0.25) is 9.69 Å². The summed E-state index contributed by atoms with van der Waals surface area (Å²) in [6.45, 7) is 12.1. The van der Waals surface area contributed by atoms with Crippen LogP contribution >= 0.6 is 0 Å². The molecular formula is C26H41F2N3O.